The lowest BCUT2D eigenvalue weighted by Crippen LogP contribution is -2.07. The van der Waals surface area contributed by atoms with Crippen LogP contribution < -0.4 is 5.73 Å². The summed E-state index contributed by atoms with van der Waals surface area (Å²) in [5.41, 5.74) is 10.7. The molecule has 1 heterocycles. The average molecular weight is 346 g/mol. The Labute approximate surface area is 134 Å². The van der Waals surface area contributed by atoms with E-state index in [1.165, 1.54) is 36.8 Å². The van der Waals surface area contributed by atoms with E-state index in [4.69, 9.17) is 10.7 Å². The lowest BCUT2D eigenvalue weighted by molar-refractivity contribution is 0.691. The monoisotopic (exact) mass is 345 g/mol. The first kappa shape index (κ1) is 14.5. The van der Waals surface area contributed by atoms with Gasteiger partial charge in [0.05, 0.1) is 10.2 Å². The molecule has 1 aromatic carbocycles. The maximum Gasteiger partial charge on any atom is 0.162 e. The van der Waals surface area contributed by atoms with E-state index in [0.717, 1.165) is 21.6 Å². The van der Waals surface area contributed by atoms with Gasteiger partial charge in [0.25, 0.3) is 0 Å². The van der Waals surface area contributed by atoms with Crippen molar-refractivity contribution in [2.75, 3.05) is 5.73 Å². The fourth-order valence-electron chi connectivity index (χ4n) is 3.23. The molecule has 2 N–H and O–H groups in total. The van der Waals surface area contributed by atoms with Gasteiger partial charge in [0.15, 0.2) is 5.82 Å². The number of aromatic nitrogens is 2. The number of nitrogens with two attached hydrogens (primary N) is 1. The van der Waals surface area contributed by atoms with Crippen LogP contribution in [-0.2, 0) is 0 Å². The molecular weight excluding hydrogens is 326 g/mol. The number of nitrogens with zero attached hydrogens (tertiary/aromatic N) is 2. The Morgan fingerprint density at radius 1 is 1.10 bits per heavy atom. The summed E-state index contributed by atoms with van der Waals surface area (Å²) in [4.78, 5) is 9.39. The summed E-state index contributed by atoms with van der Waals surface area (Å²) in [6, 6.07) is 6.26. The summed E-state index contributed by atoms with van der Waals surface area (Å²) in [5, 5.41) is 0. The van der Waals surface area contributed by atoms with E-state index in [9.17, 15) is 0 Å². The molecule has 1 aliphatic carbocycles. The van der Waals surface area contributed by atoms with Crippen molar-refractivity contribution >= 4 is 21.7 Å². The Bertz CT molecular complexity index is 656. The molecular formula is C17H20BrN3. The van der Waals surface area contributed by atoms with E-state index in [1.807, 2.05) is 0 Å². The van der Waals surface area contributed by atoms with Crippen molar-refractivity contribution in [3.05, 3.63) is 39.5 Å². The van der Waals surface area contributed by atoms with Crippen LogP contribution >= 0.6 is 15.9 Å². The standard InChI is InChI=1S/C17H20BrN3/c1-10-6-5-7-11(2)13(10)17-20-15(12-8-3-4-9-12)14(18)16(19)21-17/h5-7,12H,3-4,8-9H2,1-2H3,(H2,19,20,21). The molecule has 1 fully saturated rings. The van der Waals surface area contributed by atoms with E-state index >= 15 is 0 Å². The quantitative estimate of drug-likeness (QED) is 0.853. The zero-order valence-corrected chi connectivity index (χ0v) is 14.1. The first-order chi connectivity index (χ1) is 10.1. The summed E-state index contributed by atoms with van der Waals surface area (Å²) in [6.07, 6.45) is 4.95. The maximum absolute atomic E-state index is 6.13. The molecule has 1 saturated carbocycles. The topological polar surface area (TPSA) is 51.8 Å². The zero-order valence-electron chi connectivity index (χ0n) is 12.5. The minimum Gasteiger partial charge on any atom is -0.383 e. The Hall–Kier alpha value is -1.42. The third-order valence-electron chi connectivity index (χ3n) is 4.35. The number of hydrogen-bond acceptors (Lipinski definition) is 3. The maximum atomic E-state index is 6.13. The largest absolute Gasteiger partial charge is 0.383 e. The van der Waals surface area contributed by atoms with Crippen molar-refractivity contribution in [3.63, 3.8) is 0 Å². The van der Waals surface area contributed by atoms with Crippen molar-refractivity contribution in [1.82, 2.24) is 9.97 Å². The van der Waals surface area contributed by atoms with Crippen LogP contribution in [0.4, 0.5) is 5.82 Å². The van der Waals surface area contributed by atoms with Gasteiger partial charge in [0.1, 0.15) is 5.82 Å². The number of rotatable bonds is 2. The molecule has 0 unspecified atom stereocenters. The van der Waals surface area contributed by atoms with Gasteiger partial charge in [-0.3, -0.25) is 0 Å². The number of hydrogen-bond donors (Lipinski definition) is 1. The van der Waals surface area contributed by atoms with Crippen molar-refractivity contribution in [3.8, 4) is 11.4 Å². The van der Waals surface area contributed by atoms with Crippen molar-refractivity contribution in [1.29, 1.82) is 0 Å². The highest BCUT2D eigenvalue weighted by molar-refractivity contribution is 9.10. The second kappa shape index (κ2) is 5.76. The molecule has 1 aliphatic rings. The van der Waals surface area contributed by atoms with E-state index in [-0.39, 0.29) is 0 Å². The van der Waals surface area contributed by atoms with Crippen LogP contribution in [0.25, 0.3) is 11.4 Å². The van der Waals surface area contributed by atoms with E-state index in [2.05, 4.69) is 53.0 Å². The van der Waals surface area contributed by atoms with Gasteiger partial charge in [-0.15, -0.1) is 0 Å². The van der Waals surface area contributed by atoms with Gasteiger partial charge in [-0.2, -0.15) is 0 Å². The molecule has 0 bridgehead atoms. The lowest BCUT2D eigenvalue weighted by atomic mass is 10.0. The van der Waals surface area contributed by atoms with Crippen LogP contribution in [0.1, 0.15) is 48.4 Å². The SMILES string of the molecule is Cc1cccc(C)c1-c1nc(N)c(Br)c(C2CCCC2)n1. The summed E-state index contributed by atoms with van der Waals surface area (Å²) in [7, 11) is 0. The van der Waals surface area contributed by atoms with E-state index in [1.54, 1.807) is 0 Å². The number of halogens is 1. The molecule has 110 valence electrons. The minimum atomic E-state index is 0.507. The fourth-order valence-corrected chi connectivity index (χ4v) is 3.73. The highest BCUT2D eigenvalue weighted by Crippen LogP contribution is 2.39. The molecule has 2 aromatic rings. The molecule has 0 radical (unpaired) electrons. The normalized spacial score (nSPS) is 15.6. The highest BCUT2D eigenvalue weighted by Gasteiger charge is 2.24. The summed E-state index contributed by atoms with van der Waals surface area (Å²) in [5.74, 6) is 1.81. The molecule has 0 atom stereocenters. The van der Waals surface area contributed by atoms with E-state index in [0.29, 0.717) is 11.7 Å². The molecule has 3 rings (SSSR count). The summed E-state index contributed by atoms with van der Waals surface area (Å²) >= 11 is 3.58. The van der Waals surface area contributed by atoms with Gasteiger partial charge in [-0.1, -0.05) is 31.0 Å². The van der Waals surface area contributed by atoms with Crippen LogP contribution in [0.3, 0.4) is 0 Å². The Morgan fingerprint density at radius 2 is 1.71 bits per heavy atom. The average Bonchev–Trinajstić information content (AvgIpc) is 2.96. The van der Waals surface area contributed by atoms with Gasteiger partial charge >= 0.3 is 0 Å². The van der Waals surface area contributed by atoms with Gasteiger partial charge in [-0.05, 0) is 53.7 Å². The Kier molecular flexibility index (Phi) is 3.98. The van der Waals surface area contributed by atoms with Gasteiger partial charge < -0.3 is 5.73 Å². The predicted molar refractivity (Wildman–Crippen MR) is 90.3 cm³/mol. The fraction of sp³-hybridized carbons (Fsp3) is 0.412. The number of anilines is 1. The summed E-state index contributed by atoms with van der Waals surface area (Å²) in [6.45, 7) is 4.19. The summed E-state index contributed by atoms with van der Waals surface area (Å²) < 4.78 is 0.879. The van der Waals surface area contributed by atoms with Crippen LogP contribution in [-0.4, -0.2) is 9.97 Å². The molecule has 21 heavy (non-hydrogen) atoms. The zero-order chi connectivity index (χ0) is 15.0. The molecule has 0 spiro atoms. The highest BCUT2D eigenvalue weighted by atomic mass is 79.9. The van der Waals surface area contributed by atoms with Crippen molar-refractivity contribution in [2.45, 2.75) is 45.4 Å². The van der Waals surface area contributed by atoms with Gasteiger partial charge in [0, 0.05) is 11.5 Å². The first-order valence-corrected chi connectivity index (χ1v) is 8.26. The lowest BCUT2D eigenvalue weighted by Gasteiger charge is -2.15. The molecule has 0 aliphatic heterocycles. The second-order valence-corrected chi connectivity index (χ2v) is 6.67. The number of benzene rings is 1. The van der Waals surface area contributed by atoms with Crippen molar-refractivity contribution < 1.29 is 0 Å². The Balaban J connectivity index is 2.16. The molecule has 3 nitrogen and oxygen atoms in total. The molecule has 4 heteroatoms. The van der Waals surface area contributed by atoms with Crippen LogP contribution in [0, 0.1) is 13.8 Å². The Morgan fingerprint density at radius 3 is 2.33 bits per heavy atom. The first-order valence-electron chi connectivity index (χ1n) is 7.47. The molecule has 1 aromatic heterocycles. The third kappa shape index (κ3) is 2.69. The second-order valence-electron chi connectivity index (χ2n) is 5.88. The number of aryl methyl sites for hydroxylation is 2. The molecule has 0 amide bonds. The number of nitrogen functional groups attached to an aromatic ring is 1. The van der Waals surface area contributed by atoms with Crippen LogP contribution in [0.2, 0.25) is 0 Å². The van der Waals surface area contributed by atoms with Crippen LogP contribution in [0.5, 0.6) is 0 Å². The third-order valence-corrected chi connectivity index (χ3v) is 5.16. The van der Waals surface area contributed by atoms with Gasteiger partial charge in [0.2, 0.25) is 0 Å². The van der Waals surface area contributed by atoms with Gasteiger partial charge in [-0.25, -0.2) is 9.97 Å². The van der Waals surface area contributed by atoms with Crippen LogP contribution in [0.15, 0.2) is 22.7 Å². The van der Waals surface area contributed by atoms with E-state index < -0.39 is 0 Å². The smallest absolute Gasteiger partial charge is 0.162 e. The minimum absolute atomic E-state index is 0.507. The predicted octanol–water partition coefficient (Wildman–Crippen LogP) is 4.76. The van der Waals surface area contributed by atoms with Crippen molar-refractivity contribution in [2.24, 2.45) is 0 Å². The molecule has 0 saturated heterocycles.